The molecular formula is C11H9NO. The molecule has 64 valence electrons. The van der Waals surface area contributed by atoms with Crippen LogP contribution in [0.3, 0.4) is 0 Å². The van der Waals surface area contributed by atoms with Crippen LogP contribution in [-0.2, 0) is 4.74 Å². The van der Waals surface area contributed by atoms with Gasteiger partial charge in [0.25, 0.3) is 0 Å². The summed E-state index contributed by atoms with van der Waals surface area (Å²) in [6.45, 7) is 3.65. The molecule has 2 rings (SSSR count). The van der Waals surface area contributed by atoms with Crippen molar-refractivity contribution in [2.24, 2.45) is 0 Å². The Balaban J connectivity index is 2.16. The van der Waals surface area contributed by atoms with Gasteiger partial charge in [-0.1, -0.05) is 18.2 Å². The molecule has 2 unspecified atom stereocenters. The van der Waals surface area contributed by atoms with E-state index in [9.17, 15) is 0 Å². The standard InChI is InChI=1S/C11H9NO/c1-2-10-11(13-10)9-5-3-8(7-12)4-6-9/h2-6,10-11H,1H2. The molecule has 0 amide bonds. The average Bonchev–Trinajstić information content (AvgIpc) is 2.97. The molecule has 1 aliphatic heterocycles. The van der Waals surface area contributed by atoms with E-state index < -0.39 is 0 Å². The molecule has 13 heavy (non-hydrogen) atoms. The van der Waals surface area contributed by atoms with Crippen molar-refractivity contribution in [3.63, 3.8) is 0 Å². The molecule has 1 heterocycles. The molecule has 2 nitrogen and oxygen atoms in total. The maximum Gasteiger partial charge on any atom is 0.113 e. The molecule has 2 heteroatoms. The third kappa shape index (κ3) is 1.47. The van der Waals surface area contributed by atoms with Crippen LogP contribution in [0.25, 0.3) is 0 Å². The summed E-state index contributed by atoms with van der Waals surface area (Å²) in [5.41, 5.74) is 1.79. The number of nitriles is 1. The topological polar surface area (TPSA) is 36.3 Å². The number of epoxide rings is 1. The second-order valence-electron chi connectivity index (χ2n) is 2.99. The van der Waals surface area contributed by atoms with Gasteiger partial charge in [-0.05, 0) is 17.7 Å². The number of ether oxygens (including phenoxy) is 1. The average molecular weight is 171 g/mol. The van der Waals surface area contributed by atoms with Gasteiger partial charge in [0.15, 0.2) is 0 Å². The van der Waals surface area contributed by atoms with Gasteiger partial charge in [0.05, 0.1) is 11.6 Å². The van der Waals surface area contributed by atoms with Crippen LogP contribution in [-0.4, -0.2) is 6.10 Å². The Labute approximate surface area is 77.1 Å². The van der Waals surface area contributed by atoms with Crippen molar-refractivity contribution < 1.29 is 4.74 Å². The molecule has 2 atom stereocenters. The van der Waals surface area contributed by atoms with Gasteiger partial charge in [-0.15, -0.1) is 6.58 Å². The molecule has 1 aliphatic rings. The molecule has 1 aromatic carbocycles. The van der Waals surface area contributed by atoms with Crippen LogP contribution in [0.5, 0.6) is 0 Å². The van der Waals surface area contributed by atoms with Gasteiger partial charge in [-0.3, -0.25) is 0 Å². The third-order valence-corrected chi connectivity index (χ3v) is 2.13. The molecule has 1 saturated heterocycles. The molecule has 1 fully saturated rings. The van der Waals surface area contributed by atoms with E-state index in [1.807, 2.05) is 12.1 Å². The van der Waals surface area contributed by atoms with Crippen molar-refractivity contribution in [2.75, 3.05) is 0 Å². The lowest BCUT2D eigenvalue weighted by molar-refractivity contribution is 0.394. The Bertz CT molecular complexity index is 361. The van der Waals surface area contributed by atoms with E-state index in [-0.39, 0.29) is 12.2 Å². The van der Waals surface area contributed by atoms with E-state index in [1.165, 1.54) is 0 Å². The zero-order valence-corrected chi connectivity index (χ0v) is 7.10. The first-order valence-corrected chi connectivity index (χ1v) is 4.13. The highest BCUT2D eigenvalue weighted by Crippen LogP contribution is 2.38. The zero-order valence-electron chi connectivity index (χ0n) is 7.10. The lowest BCUT2D eigenvalue weighted by Gasteiger charge is -1.94. The summed E-state index contributed by atoms with van der Waals surface area (Å²) in [6, 6.07) is 9.53. The van der Waals surface area contributed by atoms with Crippen molar-refractivity contribution in [1.82, 2.24) is 0 Å². The molecule has 0 radical (unpaired) electrons. The van der Waals surface area contributed by atoms with Crippen molar-refractivity contribution >= 4 is 0 Å². The molecule has 1 aromatic rings. The summed E-state index contributed by atoms with van der Waals surface area (Å²) in [7, 11) is 0. The predicted octanol–water partition coefficient (Wildman–Crippen LogP) is 2.18. The smallest absolute Gasteiger partial charge is 0.113 e. The Kier molecular flexibility index (Phi) is 1.88. The second-order valence-corrected chi connectivity index (χ2v) is 2.99. The maximum atomic E-state index is 8.58. The Morgan fingerprint density at radius 2 is 2.08 bits per heavy atom. The van der Waals surface area contributed by atoms with Crippen molar-refractivity contribution in [3.05, 3.63) is 48.0 Å². The first-order valence-electron chi connectivity index (χ1n) is 4.13. The van der Waals surface area contributed by atoms with Crippen molar-refractivity contribution in [1.29, 1.82) is 5.26 Å². The van der Waals surface area contributed by atoms with E-state index >= 15 is 0 Å². The van der Waals surface area contributed by atoms with Crippen LogP contribution in [0.15, 0.2) is 36.9 Å². The minimum absolute atomic E-state index is 0.158. The Morgan fingerprint density at radius 3 is 2.54 bits per heavy atom. The van der Waals surface area contributed by atoms with Crippen LogP contribution < -0.4 is 0 Å². The summed E-state index contributed by atoms with van der Waals surface area (Å²) in [5, 5.41) is 8.58. The van der Waals surface area contributed by atoms with Gasteiger partial charge < -0.3 is 4.74 Å². The van der Waals surface area contributed by atoms with E-state index in [0.717, 1.165) is 5.56 Å². The van der Waals surface area contributed by atoms with Crippen LogP contribution in [0, 0.1) is 11.3 Å². The summed E-state index contributed by atoms with van der Waals surface area (Å²) in [4.78, 5) is 0. The lowest BCUT2D eigenvalue weighted by atomic mass is 10.1. The summed E-state index contributed by atoms with van der Waals surface area (Å²) >= 11 is 0. The van der Waals surface area contributed by atoms with Crippen LogP contribution >= 0.6 is 0 Å². The van der Waals surface area contributed by atoms with E-state index in [1.54, 1.807) is 18.2 Å². The highest BCUT2D eigenvalue weighted by atomic mass is 16.6. The SMILES string of the molecule is C=CC1OC1c1ccc(C#N)cc1. The van der Waals surface area contributed by atoms with E-state index in [4.69, 9.17) is 10.00 Å². The maximum absolute atomic E-state index is 8.58. The molecule has 0 saturated carbocycles. The predicted molar refractivity (Wildman–Crippen MR) is 49.0 cm³/mol. The van der Waals surface area contributed by atoms with Gasteiger partial charge in [-0.2, -0.15) is 5.26 Å². The number of rotatable bonds is 2. The quantitative estimate of drug-likeness (QED) is 0.505. The molecular weight excluding hydrogens is 162 g/mol. The summed E-state index contributed by atoms with van der Waals surface area (Å²) < 4.78 is 5.32. The van der Waals surface area contributed by atoms with Gasteiger partial charge >= 0.3 is 0 Å². The van der Waals surface area contributed by atoms with Crippen LogP contribution in [0.2, 0.25) is 0 Å². The number of hydrogen-bond donors (Lipinski definition) is 0. The molecule has 0 N–H and O–H groups in total. The number of benzene rings is 1. The summed E-state index contributed by atoms with van der Waals surface area (Å²) in [6.07, 6.45) is 2.11. The highest BCUT2D eigenvalue weighted by molar-refractivity contribution is 5.34. The van der Waals surface area contributed by atoms with Gasteiger partial charge in [0, 0.05) is 0 Å². The fourth-order valence-electron chi connectivity index (χ4n) is 1.32. The van der Waals surface area contributed by atoms with E-state index in [0.29, 0.717) is 5.56 Å². The Hall–Kier alpha value is -1.59. The van der Waals surface area contributed by atoms with Gasteiger partial charge in [0.2, 0.25) is 0 Å². The van der Waals surface area contributed by atoms with Crippen molar-refractivity contribution in [2.45, 2.75) is 12.2 Å². The minimum Gasteiger partial charge on any atom is -0.360 e. The normalized spacial score (nSPS) is 24.8. The van der Waals surface area contributed by atoms with Crippen LogP contribution in [0.4, 0.5) is 0 Å². The van der Waals surface area contributed by atoms with Gasteiger partial charge in [-0.25, -0.2) is 0 Å². The zero-order chi connectivity index (χ0) is 9.26. The van der Waals surface area contributed by atoms with Gasteiger partial charge in [0.1, 0.15) is 12.2 Å². The monoisotopic (exact) mass is 171 g/mol. The Morgan fingerprint density at radius 1 is 1.38 bits per heavy atom. The lowest BCUT2D eigenvalue weighted by Crippen LogP contribution is -1.84. The second kappa shape index (κ2) is 3.04. The summed E-state index contributed by atoms with van der Waals surface area (Å²) in [5.74, 6) is 0. The fraction of sp³-hybridized carbons (Fsp3) is 0.182. The first kappa shape index (κ1) is 8.03. The molecule has 0 bridgehead atoms. The number of hydrogen-bond acceptors (Lipinski definition) is 2. The van der Waals surface area contributed by atoms with Crippen molar-refractivity contribution in [3.8, 4) is 6.07 Å². The highest BCUT2D eigenvalue weighted by Gasteiger charge is 2.37. The third-order valence-electron chi connectivity index (χ3n) is 2.13. The first-order chi connectivity index (χ1) is 6.35. The molecule has 0 aliphatic carbocycles. The largest absolute Gasteiger partial charge is 0.360 e. The van der Waals surface area contributed by atoms with E-state index in [2.05, 4.69) is 12.6 Å². The van der Waals surface area contributed by atoms with Crippen LogP contribution in [0.1, 0.15) is 17.2 Å². The molecule has 0 aromatic heterocycles. The molecule has 0 spiro atoms. The fourth-order valence-corrected chi connectivity index (χ4v) is 1.32. The minimum atomic E-state index is 0.158. The number of nitrogens with zero attached hydrogens (tertiary/aromatic N) is 1.